The molecule has 0 radical (unpaired) electrons. The van der Waals surface area contributed by atoms with Gasteiger partial charge in [-0.2, -0.15) is 11.8 Å². The van der Waals surface area contributed by atoms with Crippen LogP contribution < -0.4 is 5.32 Å². The van der Waals surface area contributed by atoms with E-state index in [0.29, 0.717) is 18.1 Å². The van der Waals surface area contributed by atoms with E-state index >= 15 is 0 Å². The van der Waals surface area contributed by atoms with E-state index in [-0.39, 0.29) is 5.92 Å². The summed E-state index contributed by atoms with van der Waals surface area (Å²) in [5.74, 6) is -0.465. The normalized spacial score (nSPS) is 21.6. The maximum atomic E-state index is 12.2. The average molecular weight is 324 g/mol. The van der Waals surface area contributed by atoms with Gasteiger partial charge in [-0.25, -0.2) is 18.0 Å². The molecule has 2 atom stereocenters. The van der Waals surface area contributed by atoms with Crippen molar-refractivity contribution in [3.63, 3.8) is 0 Å². The number of carboxylic acids is 1. The number of nitrogens with zero attached hydrogens (tertiary/aromatic N) is 1. The lowest BCUT2D eigenvalue weighted by molar-refractivity contribution is -0.140. The number of aliphatic carboxylic acids is 1. The smallest absolute Gasteiger partial charge is 0.326 e. The molecule has 0 aromatic rings. The standard InChI is InChI=1S/C11H20N2O5S2/c1-7(2)9(10(14)15)12-11(16)13-4-5-19-6-8(13)20(3,17)18/h7-9H,4-6H2,1-3H3,(H,12,16)(H,14,15). The maximum absolute atomic E-state index is 12.2. The number of amides is 2. The molecule has 0 aromatic heterocycles. The molecule has 1 fully saturated rings. The fraction of sp³-hybridized carbons (Fsp3) is 0.818. The van der Waals surface area contributed by atoms with E-state index in [0.717, 1.165) is 6.26 Å². The van der Waals surface area contributed by atoms with Crippen molar-refractivity contribution in [2.45, 2.75) is 25.3 Å². The molecule has 1 rings (SSSR count). The number of urea groups is 1. The number of rotatable bonds is 4. The lowest BCUT2D eigenvalue weighted by Gasteiger charge is -2.35. The number of carbonyl (C=O) groups excluding carboxylic acids is 1. The van der Waals surface area contributed by atoms with Crippen LogP contribution >= 0.6 is 11.8 Å². The summed E-state index contributed by atoms with van der Waals surface area (Å²) in [6.07, 6.45) is 1.08. The van der Waals surface area contributed by atoms with Crippen molar-refractivity contribution in [1.82, 2.24) is 10.2 Å². The first-order valence-electron chi connectivity index (χ1n) is 6.21. The lowest BCUT2D eigenvalue weighted by Crippen LogP contribution is -2.57. The molecule has 0 bridgehead atoms. The zero-order valence-electron chi connectivity index (χ0n) is 11.7. The van der Waals surface area contributed by atoms with Gasteiger partial charge in [0, 0.05) is 24.3 Å². The van der Waals surface area contributed by atoms with E-state index < -0.39 is 33.3 Å². The van der Waals surface area contributed by atoms with Crippen molar-refractivity contribution in [2.24, 2.45) is 5.92 Å². The van der Waals surface area contributed by atoms with Crippen LogP contribution in [0.4, 0.5) is 4.79 Å². The number of sulfone groups is 1. The van der Waals surface area contributed by atoms with Gasteiger partial charge in [-0.15, -0.1) is 0 Å². The highest BCUT2D eigenvalue weighted by Crippen LogP contribution is 2.20. The second-order valence-electron chi connectivity index (χ2n) is 5.06. The molecule has 9 heteroatoms. The van der Waals surface area contributed by atoms with Crippen LogP contribution in [0.2, 0.25) is 0 Å². The highest BCUT2D eigenvalue weighted by atomic mass is 32.2. The zero-order valence-corrected chi connectivity index (χ0v) is 13.3. The SMILES string of the molecule is CC(C)C(NC(=O)N1CCSCC1S(C)(=O)=O)C(=O)O. The minimum Gasteiger partial charge on any atom is -0.480 e. The number of hydrogen-bond acceptors (Lipinski definition) is 5. The van der Waals surface area contributed by atoms with Crippen LogP contribution in [0, 0.1) is 5.92 Å². The Morgan fingerprint density at radius 1 is 1.40 bits per heavy atom. The Labute approximate surface area is 123 Å². The molecule has 2 unspecified atom stereocenters. The fourth-order valence-electron chi connectivity index (χ4n) is 1.90. The fourth-order valence-corrected chi connectivity index (χ4v) is 4.71. The van der Waals surface area contributed by atoms with Gasteiger partial charge in [0.15, 0.2) is 9.84 Å². The second-order valence-corrected chi connectivity index (χ2v) is 8.41. The first kappa shape index (κ1) is 17.1. The molecule has 116 valence electrons. The molecule has 2 amide bonds. The van der Waals surface area contributed by atoms with Gasteiger partial charge in [-0.3, -0.25) is 0 Å². The Morgan fingerprint density at radius 2 is 2.00 bits per heavy atom. The Kier molecular flexibility index (Phi) is 5.69. The highest BCUT2D eigenvalue weighted by Gasteiger charge is 2.36. The number of thioether (sulfide) groups is 1. The summed E-state index contributed by atoms with van der Waals surface area (Å²) in [4.78, 5) is 24.4. The Balaban J connectivity index is 2.86. The molecule has 1 aliphatic heterocycles. The lowest BCUT2D eigenvalue weighted by atomic mass is 10.1. The van der Waals surface area contributed by atoms with Gasteiger partial charge < -0.3 is 15.3 Å². The molecule has 7 nitrogen and oxygen atoms in total. The monoisotopic (exact) mass is 324 g/mol. The van der Waals surface area contributed by atoms with Gasteiger partial charge >= 0.3 is 12.0 Å². The largest absolute Gasteiger partial charge is 0.480 e. The van der Waals surface area contributed by atoms with Crippen LogP contribution in [0.15, 0.2) is 0 Å². The van der Waals surface area contributed by atoms with Gasteiger partial charge in [-0.1, -0.05) is 13.8 Å². The summed E-state index contributed by atoms with van der Waals surface area (Å²) in [6, 6.07) is -1.67. The van der Waals surface area contributed by atoms with E-state index in [1.807, 2.05) is 0 Å². The van der Waals surface area contributed by atoms with Crippen LogP contribution in [0.1, 0.15) is 13.8 Å². The number of hydrogen-bond donors (Lipinski definition) is 2. The first-order chi connectivity index (χ1) is 9.14. The number of carboxylic acid groups (broad SMARTS) is 1. The van der Waals surface area contributed by atoms with Crippen LogP contribution in [0.5, 0.6) is 0 Å². The maximum Gasteiger partial charge on any atom is 0.326 e. The summed E-state index contributed by atoms with van der Waals surface area (Å²) in [5, 5.41) is 10.6. The summed E-state index contributed by atoms with van der Waals surface area (Å²) >= 11 is 1.47. The molecule has 0 saturated carbocycles. The Morgan fingerprint density at radius 3 is 2.45 bits per heavy atom. The number of carbonyl (C=O) groups is 2. The van der Waals surface area contributed by atoms with Crippen molar-refractivity contribution in [2.75, 3.05) is 24.3 Å². The van der Waals surface area contributed by atoms with Crippen molar-refractivity contribution in [3.05, 3.63) is 0 Å². The molecule has 20 heavy (non-hydrogen) atoms. The number of nitrogens with one attached hydrogen (secondary N) is 1. The molecule has 0 aliphatic carbocycles. The minimum atomic E-state index is -3.40. The van der Waals surface area contributed by atoms with Gasteiger partial charge in [0.1, 0.15) is 11.4 Å². The molecular weight excluding hydrogens is 304 g/mol. The molecule has 0 aromatic carbocycles. The summed E-state index contributed by atoms with van der Waals surface area (Å²) in [7, 11) is -3.40. The average Bonchev–Trinajstić information content (AvgIpc) is 2.33. The van der Waals surface area contributed by atoms with E-state index in [4.69, 9.17) is 5.11 Å². The minimum absolute atomic E-state index is 0.285. The van der Waals surface area contributed by atoms with E-state index in [9.17, 15) is 18.0 Å². The summed E-state index contributed by atoms with van der Waals surface area (Å²) < 4.78 is 23.4. The van der Waals surface area contributed by atoms with Crippen molar-refractivity contribution in [1.29, 1.82) is 0 Å². The quantitative estimate of drug-likeness (QED) is 0.767. The van der Waals surface area contributed by atoms with E-state index in [1.54, 1.807) is 13.8 Å². The Bertz CT molecular complexity index is 477. The van der Waals surface area contributed by atoms with E-state index in [2.05, 4.69) is 5.32 Å². The molecular formula is C11H20N2O5S2. The topological polar surface area (TPSA) is 104 Å². The zero-order chi connectivity index (χ0) is 15.5. The second kappa shape index (κ2) is 6.66. The summed E-state index contributed by atoms with van der Waals surface area (Å²) in [5.41, 5.74) is 0. The van der Waals surface area contributed by atoms with Crippen LogP contribution in [0.25, 0.3) is 0 Å². The molecule has 1 heterocycles. The van der Waals surface area contributed by atoms with Gasteiger partial charge in [-0.05, 0) is 5.92 Å². The molecule has 0 spiro atoms. The van der Waals surface area contributed by atoms with Crippen LogP contribution in [0.3, 0.4) is 0 Å². The predicted molar refractivity (Wildman–Crippen MR) is 77.5 cm³/mol. The predicted octanol–water partition coefficient (Wildman–Crippen LogP) is 0.225. The third kappa shape index (κ3) is 4.27. The third-order valence-electron chi connectivity index (χ3n) is 3.05. The molecule has 1 aliphatic rings. The van der Waals surface area contributed by atoms with Gasteiger partial charge in [0.2, 0.25) is 0 Å². The van der Waals surface area contributed by atoms with Crippen LogP contribution in [-0.4, -0.2) is 66.1 Å². The van der Waals surface area contributed by atoms with Crippen molar-refractivity contribution in [3.8, 4) is 0 Å². The third-order valence-corrected chi connectivity index (χ3v) is 5.69. The summed E-state index contributed by atoms with van der Waals surface area (Å²) in [6.45, 7) is 3.65. The molecule has 2 N–H and O–H groups in total. The van der Waals surface area contributed by atoms with Gasteiger partial charge in [0.25, 0.3) is 0 Å². The first-order valence-corrected chi connectivity index (χ1v) is 9.32. The van der Waals surface area contributed by atoms with Gasteiger partial charge in [0.05, 0.1) is 0 Å². The van der Waals surface area contributed by atoms with Crippen LogP contribution in [-0.2, 0) is 14.6 Å². The van der Waals surface area contributed by atoms with E-state index in [1.165, 1.54) is 16.7 Å². The highest BCUT2D eigenvalue weighted by molar-refractivity contribution is 8.00. The Hall–Kier alpha value is -0.960. The van der Waals surface area contributed by atoms with Crippen molar-refractivity contribution < 1.29 is 23.1 Å². The van der Waals surface area contributed by atoms with Crippen molar-refractivity contribution >= 4 is 33.6 Å². The molecule has 1 saturated heterocycles.